The fourth-order valence-electron chi connectivity index (χ4n) is 2.70. The van der Waals surface area contributed by atoms with Gasteiger partial charge in [0.25, 0.3) is 0 Å². The molecule has 1 unspecified atom stereocenters. The molecule has 1 saturated carbocycles. The molecule has 0 aliphatic heterocycles. The molecule has 2 aliphatic carbocycles. The zero-order valence-electron chi connectivity index (χ0n) is 12.3. The van der Waals surface area contributed by atoms with Crippen molar-refractivity contribution in [3.63, 3.8) is 0 Å². The molecule has 2 aliphatic rings. The molecule has 0 saturated heterocycles. The molecule has 1 atom stereocenters. The lowest BCUT2D eigenvalue weighted by atomic mass is 10.1. The van der Waals surface area contributed by atoms with Crippen LogP contribution in [0.5, 0.6) is 0 Å². The second-order valence-corrected chi connectivity index (χ2v) is 16.5. The minimum Gasteiger partial charge on any atom is -0.512 e. The number of fused-ring (bicyclic) bond motifs is 2. The van der Waals surface area contributed by atoms with Crippen molar-refractivity contribution in [2.24, 2.45) is 5.92 Å². The van der Waals surface area contributed by atoms with Crippen LogP contribution in [0.25, 0.3) is 0 Å². The summed E-state index contributed by atoms with van der Waals surface area (Å²) in [5.74, 6) is 1.53. The molecule has 0 aromatic carbocycles. The Kier molecular flexibility index (Phi) is 4.66. The summed E-state index contributed by atoms with van der Waals surface area (Å²) < 4.78 is 5.90. The molecule has 1 N–H and O–H groups in total. The van der Waals surface area contributed by atoms with Gasteiger partial charge in [0.15, 0.2) is 16.6 Å². The third-order valence-electron chi connectivity index (χ3n) is 2.89. The smallest absolute Gasteiger partial charge is 0.170 e. The highest BCUT2D eigenvalue weighted by Crippen LogP contribution is 2.42. The van der Waals surface area contributed by atoms with E-state index < -0.39 is 16.6 Å². The van der Waals surface area contributed by atoms with E-state index >= 15 is 0 Å². The van der Waals surface area contributed by atoms with Crippen LogP contribution in [0.4, 0.5) is 0 Å². The van der Waals surface area contributed by atoms with Crippen LogP contribution < -0.4 is 0 Å². The second-order valence-electron chi connectivity index (χ2n) is 7.19. The van der Waals surface area contributed by atoms with Crippen LogP contribution in [-0.4, -0.2) is 21.7 Å². The van der Waals surface area contributed by atoms with Crippen LogP contribution in [0, 0.1) is 5.92 Å². The lowest BCUT2D eigenvalue weighted by molar-refractivity contribution is 0.358. The first kappa shape index (κ1) is 15.0. The van der Waals surface area contributed by atoms with Gasteiger partial charge in [-0.15, -0.1) is 0 Å². The third-order valence-corrected chi connectivity index (χ3v) is 7.79. The summed E-state index contributed by atoms with van der Waals surface area (Å²) >= 11 is 0. The van der Waals surface area contributed by atoms with E-state index in [0.29, 0.717) is 5.76 Å². The summed E-state index contributed by atoms with van der Waals surface area (Å²) in [5.41, 5.74) is 1.34. The van der Waals surface area contributed by atoms with E-state index in [1.807, 2.05) is 0 Å². The molecule has 0 radical (unpaired) electrons. The van der Waals surface area contributed by atoms with Gasteiger partial charge in [-0.25, -0.2) is 0 Å². The van der Waals surface area contributed by atoms with Gasteiger partial charge in [0.2, 0.25) is 0 Å². The van der Waals surface area contributed by atoms with Crippen LogP contribution in [0.3, 0.4) is 0 Å². The highest BCUT2D eigenvalue weighted by Gasteiger charge is 2.29. The van der Waals surface area contributed by atoms with Crippen molar-refractivity contribution in [2.45, 2.75) is 65.0 Å². The standard InChI is InChI=1S/C7H10O.C6H18OSi2/c8-7-4-5-1-2-6(7)3-5;1-8(2,3)7-9(4,5)6/h5,8H,1-4H2;1-6H3. The zero-order chi connectivity index (χ0) is 13.3. The molecule has 4 heteroatoms. The number of aliphatic hydroxyl groups is 1. The van der Waals surface area contributed by atoms with Crippen LogP contribution in [0.15, 0.2) is 11.3 Å². The largest absolute Gasteiger partial charge is 0.512 e. The molecule has 0 spiro atoms. The van der Waals surface area contributed by atoms with Gasteiger partial charge < -0.3 is 9.22 Å². The number of hydrogen-bond acceptors (Lipinski definition) is 2. The predicted molar refractivity (Wildman–Crippen MR) is 79.4 cm³/mol. The summed E-state index contributed by atoms with van der Waals surface area (Å²) in [5, 5.41) is 9.10. The van der Waals surface area contributed by atoms with Crippen LogP contribution in [0.1, 0.15) is 25.7 Å². The average Bonchev–Trinajstić information content (AvgIpc) is 2.57. The van der Waals surface area contributed by atoms with Gasteiger partial charge in [-0.3, -0.25) is 0 Å². The Balaban J connectivity index is 0.000000170. The van der Waals surface area contributed by atoms with Crippen molar-refractivity contribution < 1.29 is 9.22 Å². The Labute approximate surface area is 108 Å². The van der Waals surface area contributed by atoms with Gasteiger partial charge in [-0.05, 0) is 70.0 Å². The summed E-state index contributed by atoms with van der Waals surface area (Å²) in [6.07, 6.45) is 4.69. The Morgan fingerprint density at radius 1 is 1.00 bits per heavy atom. The van der Waals surface area contributed by atoms with Crippen LogP contribution in [-0.2, 0) is 4.12 Å². The predicted octanol–water partition coefficient (Wildman–Crippen LogP) is 4.68. The lowest BCUT2D eigenvalue weighted by Crippen LogP contribution is -2.39. The highest BCUT2D eigenvalue weighted by molar-refractivity contribution is 6.83. The SMILES string of the molecule is C[Si](C)(C)O[Si](C)(C)C.OC1=C2CCC(C1)C2. The topological polar surface area (TPSA) is 29.5 Å². The quantitative estimate of drug-likeness (QED) is 0.740. The maximum Gasteiger partial charge on any atom is 0.170 e. The summed E-state index contributed by atoms with van der Waals surface area (Å²) in [4.78, 5) is 0. The van der Waals surface area contributed by atoms with Crippen molar-refractivity contribution in [1.29, 1.82) is 0 Å². The Hall–Kier alpha value is -0.0662. The molecule has 0 aromatic heterocycles. The monoisotopic (exact) mass is 272 g/mol. The first-order valence-electron chi connectivity index (χ1n) is 6.67. The minimum atomic E-state index is -1.23. The van der Waals surface area contributed by atoms with Crippen molar-refractivity contribution >= 4 is 16.6 Å². The molecule has 0 aromatic rings. The normalized spacial score (nSPS) is 23.8. The van der Waals surface area contributed by atoms with Crippen molar-refractivity contribution in [2.75, 3.05) is 0 Å². The molecule has 1 fully saturated rings. The van der Waals surface area contributed by atoms with Crippen molar-refractivity contribution in [3.8, 4) is 0 Å². The molecular weight excluding hydrogens is 244 g/mol. The molecule has 0 heterocycles. The first-order valence-corrected chi connectivity index (χ1v) is 13.5. The van der Waals surface area contributed by atoms with Gasteiger partial charge in [0.05, 0.1) is 5.76 Å². The van der Waals surface area contributed by atoms with Crippen molar-refractivity contribution in [3.05, 3.63) is 11.3 Å². The van der Waals surface area contributed by atoms with E-state index in [9.17, 15) is 0 Å². The number of rotatable bonds is 2. The highest BCUT2D eigenvalue weighted by atomic mass is 28.4. The molecule has 2 bridgehead atoms. The molecule has 17 heavy (non-hydrogen) atoms. The van der Waals surface area contributed by atoms with E-state index in [2.05, 4.69) is 39.3 Å². The Bertz CT molecular complexity index is 284. The van der Waals surface area contributed by atoms with Crippen LogP contribution in [0.2, 0.25) is 39.3 Å². The van der Waals surface area contributed by atoms with Gasteiger partial charge >= 0.3 is 0 Å². The fourth-order valence-corrected chi connectivity index (χ4v) is 10.1. The average molecular weight is 273 g/mol. The second kappa shape index (κ2) is 5.28. The van der Waals surface area contributed by atoms with E-state index in [-0.39, 0.29) is 0 Å². The van der Waals surface area contributed by atoms with E-state index in [4.69, 9.17) is 9.22 Å². The van der Waals surface area contributed by atoms with E-state index in [0.717, 1.165) is 12.3 Å². The zero-order valence-corrected chi connectivity index (χ0v) is 14.3. The maximum atomic E-state index is 9.10. The molecule has 0 amide bonds. The summed E-state index contributed by atoms with van der Waals surface area (Å²) in [6.45, 7) is 13.4. The Morgan fingerprint density at radius 3 is 1.65 bits per heavy atom. The third kappa shape index (κ3) is 5.88. The first-order chi connectivity index (χ1) is 7.57. The van der Waals surface area contributed by atoms with Gasteiger partial charge in [-0.2, -0.15) is 0 Å². The Morgan fingerprint density at radius 2 is 1.53 bits per heavy atom. The fraction of sp³-hybridized carbons (Fsp3) is 0.846. The van der Waals surface area contributed by atoms with Gasteiger partial charge in [-0.1, -0.05) is 0 Å². The van der Waals surface area contributed by atoms with E-state index in [1.54, 1.807) is 0 Å². The van der Waals surface area contributed by atoms with Crippen molar-refractivity contribution in [1.82, 2.24) is 0 Å². The maximum absolute atomic E-state index is 9.10. The number of allylic oxidation sites excluding steroid dienone is 2. The van der Waals surface area contributed by atoms with Crippen LogP contribution >= 0.6 is 0 Å². The number of hydrogen-bond donors (Lipinski definition) is 1. The molecule has 2 rings (SSSR count). The lowest BCUT2D eigenvalue weighted by Gasteiger charge is -2.27. The van der Waals surface area contributed by atoms with Gasteiger partial charge in [0.1, 0.15) is 0 Å². The summed E-state index contributed by atoms with van der Waals surface area (Å²) in [7, 11) is -2.46. The molecule has 2 nitrogen and oxygen atoms in total. The number of aliphatic hydroxyl groups excluding tert-OH is 1. The van der Waals surface area contributed by atoms with E-state index in [1.165, 1.54) is 24.8 Å². The molecule has 100 valence electrons. The molecular formula is C13H28O2Si2. The minimum absolute atomic E-state index is 0.709. The summed E-state index contributed by atoms with van der Waals surface area (Å²) in [6, 6.07) is 0. The van der Waals surface area contributed by atoms with Gasteiger partial charge in [0, 0.05) is 6.42 Å².